The molecule has 1 N–H and O–H groups in total. The minimum absolute atomic E-state index is 0.103. The predicted molar refractivity (Wildman–Crippen MR) is 133 cm³/mol. The van der Waals surface area contributed by atoms with E-state index in [1.807, 2.05) is 19.1 Å². The molecule has 0 aliphatic carbocycles. The van der Waals surface area contributed by atoms with Gasteiger partial charge in [0.25, 0.3) is 11.8 Å². The van der Waals surface area contributed by atoms with Gasteiger partial charge in [-0.2, -0.15) is 0 Å². The summed E-state index contributed by atoms with van der Waals surface area (Å²) in [5, 5.41) is 3.10. The number of imide groups is 1. The van der Waals surface area contributed by atoms with Crippen molar-refractivity contribution in [1.82, 2.24) is 0 Å². The van der Waals surface area contributed by atoms with Gasteiger partial charge in [0.2, 0.25) is 0 Å². The SMILES string of the molecule is CCc1ccc(OC(=O)c2ccc(NC3=C(Cl)C(=O)N(c4cc(Cl)cc(Cl)c4)C3=O)cc2)cc1. The van der Waals surface area contributed by atoms with Crippen molar-refractivity contribution < 1.29 is 19.1 Å². The first-order valence-corrected chi connectivity index (χ1v) is 11.3. The van der Waals surface area contributed by atoms with Crippen LogP contribution in [0.3, 0.4) is 0 Å². The molecule has 0 bridgehead atoms. The van der Waals surface area contributed by atoms with Crippen LogP contribution in [-0.2, 0) is 16.0 Å². The summed E-state index contributed by atoms with van der Waals surface area (Å²) < 4.78 is 5.39. The van der Waals surface area contributed by atoms with E-state index in [1.165, 1.54) is 30.3 Å². The Labute approximate surface area is 210 Å². The number of carbonyl (C=O) groups excluding carboxylic acids is 3. The Hall–Kier alpha value is -3.32. The number of hydrogen-bond acceptors (Lipinski definition) is 5. The van der Waals surface area contributed by atoms with Gasteiger partial charge in [0.15, 0.2) is 0 Å². The molecule has 3 aromatic carbocycles. The van der Waals surface area contributed by atoms with Crippen LogP contribution < -0.4 is 15.0 Å². The summed E-state index contributed by atoms with van der Waals surface area (Å²) >= 11 is 18.2. The van der Waals surface area contributed by atoms with Gasteiger partial charge in [-0.25, -0.2) is 9.69 Å². The maximum Gasteiger partial charge on any atom is 0.343 e. The Bertz CT molecular complexity index is 1300. The van der Waals surface area contributed by atoms with Crippen molar-refractivity contribution in [2.24, 2.45) is 0 Å². The van der Waals surface area contributed by atoms with Gasteiger partial charge in [0, 0.05) is 15.7 Å². The summed E-state index contributed by atoms with van der Waals surface area (Å²) in [5.74, 6) is -1.45. The molecule has 0 spiro atoms. The summed E-state index contributed by atoms with van der Waals surface area (Å²) in [4.78, 5) is 38.9. The minimum atomic E-state index is -0.707. The summed E-state index contributed by atoms with van der Waals surface area (Å²) in [7, 11) is 0. The molecule has 6 nitrogen and oxygen atoms in total. The molecule has 0 fully saturated rings. The molecule has 2 amide bonds. The van der Waals surface area contributed by atoms with Crippen molar-refractivity contribution in [3.8, 4) is 5.75 Å². The third-order valence-corrected chi connectivity index (χ3v) is 5.85. The second-order valence-corrected chi connectivity index (χ2v) is 8.60. The molecule has 9 heteroatoms. The lowest BCUT2D eigenvalue weighted by Gasteiger charge is -2.16. The van der Waals surface area contributed by atoms with Crippen LogP contribution in [0.15, 0.2) is 77.5 Å². The summed E-state index contributed by atoms with van der Waals surface area (Å²) in [6.07, 6.45) is 0.891. The lowest BCUT2D eigenvalue weighted by atomic mass is 10.1. The summed E-state index contributed by atoms with van der Waals surface area (Å²) in [6.45, 7) is 2.04. The van der Waals surface area contributed by atoms with Crippen LogP contribution in [0.25, 0.3) is 0 Å². The Kier molecular flexibility index (Phi) is 6.93. The van der Waals surface area contributed by atoms with Crippen LogP contribution in [0.4, 0.5) is 11.4 Å². The van der Waals surface area contributed by atoms with Gasteiger partial charge in [-0.05, 0) is 66.6 Å². The smallest absolute Gasteiger partial charge is 0.343 e. The number of benzene rings is 3. The average Bonchev–Trinajstić information content (AvgIpc) is 3.02. The van der Waals surface area contributed by atoms with Crippen molar-refractivity contribution >= 4 is 64.0 Å². The van der Waals surface area contributed by atoms with Gasteiger partial charge in [-0.15, -0.1) is 0 Å². The topological polar surface area (TPSA) is 75.7 Å². The quantitative estimate of drug-likeness (QED) is 0.240. The second-order valence-electron chi connectivity index (χ2n) is 7.35. The Morgan fingerprint density at radius 2 is 1.50 bits per heavy atom. The van der Waals surface area contributed by atoms with E-state index >= 15 is 0 Å². The zero-order valence-corrected chi connectivity index (χ0v) is 20.0. The first-order chi connectivity index (χ1) is 16.3. The van der Waals surface area contributed by atoms with Crippen LogP contribution in [0.5, 0.6) is 5.75 Å². The normalized spacial score (nSPS) is 13.5. The predicted octanol–water partition coefficient (Wildman–Crippen LogP) is 6.21. The molecule has 172 valence electrons. The monoisotopic (exact) mass is 514 g/mol. The van der Waals surface area contributed by atoms with Crippen LogP contribution in [0.1, 0.15) is 22.8 Å². The molecule has 1 heterocycles. The fourth-order valence-corrected chi connectivity index (χ4v) is 4.03. The first-order valence-electron chi connectivity index (χ1n) is 10.2. The number of aryl methyl sites for hydroxylation is 1. The molecule has 0 saturated carbocycles. The van der Waals surface area contributed by atoms with E-state index < -0.39 is 17.8 Å². The van der Waals surface area contributed by atoms with E-state index in [1.54, 1.807) is 24.3 Å². The first kappa shape index (κ1) is 23.8. The fourth-order valence-electron chi connectivity index (χ4n) is 3.31. The molecule has 0 unspecified atom stereocenters. The van der Waals surface area contributed by atoms with Gasteiger partial charge in [-0.1, -0.05) is 53.9 Å². The highest BCUT2D eigenvalue weighted by Crippen LogP contribution is 2.33. The average molecular weight is 516 g/mol. The lowest BCUT2D eigenvalue weighted by Crippen LogP contribution is -2.32. The van der Waals surface area contributed by atoms with Crippen molar-refractivity contribution in [2.45, 2.75) is 13.3 Å². The van der Waals surface area contributed by atoms with E-state index in [0.29, 0.717) is 17.0 Å². The fraction of sp³-hybridized carbons (Fsp3) is 0.0800. The molecule has 0 saturated heterocycles. The molecular weight excluding hydrogens is 499 g/mol. The highest BCUT2D eigenvalue weighted by Gasteiger charge is 2.39. The standard InChI is InChI=1S/C25H17Cl3N2O4/c1-2-14-3-9-20(10-4-14)34-25(33)15-5-7-18(8-6-15)29-22-21(28)23(31)30(24(22)32)19-12-16(26)11-17(27)13-19/h3-13,29H,2H2,1H3. The Morgan fingerprint density at radius 1 is 0.882 bits per heavy atom. The largest absolute Gasteiger partial charge is 0.423 e. The van der Waals surface area contributed by atoms with Crippen molar-refractivity contribution in [2.75, 3.05) is 10.2 Å². The van der Waals surface area contributed by atoms with E-state index in [-0.39, 0.29) is 26.5 Å². The Balaban J connectivity index is 1.47. The number of hydrogen-bond donors (Lipinski definition) is 1. The molecule has 0 aromatic heterocycles. The lowest BCUT2D eigenvalue weighted by molar-refractivity contribution is -0.120. The van der Waals surface area contributed by atoms with E-state index in [4.69, 9.17) is 39.5 Å². The third-order valence-electron chi connectivity index (χ3n) is 5.06. The van der Waals surface area contributed by atoms with Crippen LogP contribution in [-0.4, -0.2) is 17.8 Å². The van der Waals surface area contributed by atoms with Gasteiger partial charge in [0.05, 0.1) is 11.3 Å². The molecule has 0 radical (unpaired) electrons. The maximum atomic E-state index is 12.9. The van der Waals surface area contributed by atoms with Gasteiger partial charge in [0.1, 0.15) is 16.5 Å². The number of nitrogens with zero attached hydrogens (tertiary/aromatic N) is 1. The number of nitrogens with one attached hydrogen (secondary N) is 1. The highest BCUT2D eigenvalue weighted by molar-refractivity contribution is 6.53. The zero-order valence-electron chi connectivity index (χ0n) is 17.8. The molecular formula is C25H17Cl3N2O4. The van der Waals surface area contributed by atoms with E-state index in [0.717, 1.165) is 16.9 Å². The van der Waals surface area contributed by atoms with Gasteiger partial charge >= 0.3 is 5.97 Å². The third kappa shape index (κ3) is 4.94. The van der Waals surface area contributed by atoms with Gasteiger partial charge < -0.3 is 10.1 Å². The number of halogens is 3. The molecule has 1 aliphatic heterocycles. The number of ether oxygens (including phenoxy) is 1. The van der Waals surface area contributed by atoms with Crippen molar-refractivity contribution in [1.29, 1.82) is 0 Å². The number of carbonyl (C=O) groups is 3. The van der Waals surface area contributed by atoms with Crippen LogP contribution >= 0.6 is 34.8 Å². The maximum absolute atomic E-state index is 12.9. The zero-order chi connectivity index (χ0) is 24.4. The number of anilines is 2. The summed E-state index contributed by atoms with van der Waals surface area (Å²) in [6, 6.07) is 17.9. The molecule has 3 aromatic rings. The van der Waals surface area contributed by atoms with E-state index in [2.05, 4.69) is 5.32 Å². The Morgan fingerprint density at radius 3 is 2.09 bits per heavy atom. The van der Waals surface area contributed by atoms with Gasteiger partial charge in [-0.3, -0.25) is 9.59 Å². The molecule has 34 heavy (non-hydrogen) atoms. The van der Waals surface area contributed by atoms with E-state index in [9.17, 15) is 14.4 Å². The van der Waals surface area contributed by atoms with Crippen LogP contribution in [0.2, 0.25) is 10.0 Å². The molecule has 0 atom stereocenters. The molecule has 4 rings (SSSR count). The molecule has 1 aliphatic rings. The van der Waals surface area contributed by atoms with Crippen LogP contribution in [0, 0.1) is 0 Å². The highest BCUT2D eigenvalue weighted by atomic mass is 35.5. The van der Waals surface area contributed by atoms with Crippen molar-refractivity contribution in [3.63, 3.8) is 0 Å². The summed E-state index contributed by atoms with van der Waals surface area (Å²) in [5.41, 5.74) is 2.00. The second kappa shape index (κ2) is 9.89. The number of amides is 2. The van der Waals surface area contributed by atoms with Crippen molar-refractivity contribution in [3.05, 3.63) is 98.6 Å². The number of esters is 1. The number of rotatable bonds is 6. The minimum Gasteiger partial charge on any atom is -0.423 e.